The highest BCUT2D eigenvalue weighted by Crippen LogP contribution is 1.96. The quantitative estimate of drug-likeness (QED) is 0.522. The van der Waals surface area contributed by atoms with Gasteiger partial charge in [0.25, 0.3) is 0 Å². The first-order valence-corrected chi connectivity index (χ1v) is 6.07. The summed E-state index contributed by atoms with van der Waals surface area (Å²) in [6, 6.07) is 10.5. The Morgan fingerprint density at radius 3 is 2.26 bits per heavy atom. The lowest BCUT2D eigenvalue weighted by Gasteiger charge is -2.06. The highest BCUT2D eigenvalue weighted by atomic mass is 16.1. The molecule has 0 saturated carbocycles. The Hall–Kier alpha value is -1.94. The van der Waals surface area contributed by atoms with Crippen molar-refractivity contribution in [3.63, 3.8) is 0 Å². The van der Waals surface area contributed by atoms with Crippen LogP contribution in [0.5, 0.6) is 0 Å². The Labute approximate surface area is 116 Å². The van der Waals surface area contributed by atoms with E-state index < -0.39 is 0 Å². The third-order valence-corrected chi connectivity index (χ3v) is 2.13. The van der Waals surface area contributed by atoms with Crippen molar-refractivity contribution >= 4 is 13.5 Å². The van der Waals surface area contributed by atoms with Crippen LogP contribution in [0.25, 0.3) is 0 Å². The second-order valence-corrected chi connectivity index (χ2v) is 3.72. The molecule has 0 unspecified atom stereocenters. The van der Waals surface area contributed by atoms with Crippen LogP contribution >= 0.6 is 0 Å². The van der Waals surface area contributed by atoms with Crippen molar-refractivity contribution in [3.8, 4) is 0 Å². The SMILES string of the molecule is C=C(C)NCCCNCc1ccccc1.C=N.C=O. The zero-order valence-corrected chi connectivity index (χ0v) is 11.7. The Morgan fingerprint density at radius 1 is 1.16 bits per heavy atom. The molecule has 0 fully saturated rings. The minimum absolute atomic E-state index is 0.952. The largest absolute Gasteiger partial charge is 0.389 e. The van der Waals surface area contributed by atoms with E-state index in [4.69, 9.17) is 10.2 Å². The molecule has 19 heavy (non-hydrogen) atoms. The molecule has 4 nitrogen and oxygen atoms in total. The molecular formula is C15H25N3O. The molecule has 0 bridgehead atoms. The van der Waals surface area contributed by atoms with Gasteiger partial charge in [-0.3, -0.25) is 0 Å². The first kappa shape index (κ1) is 19.4. The van der Waals surface area contributed by atoms with Crippen molar-refractivity contribution < 1.29 is 4.79 Å². The summed E-state index contributed by atoms with van der Waals surface area (Å²) in [5.41, 5.74) is 2.38. The van der Waals surface area contributed by atoms with Gasteiger partial charge < -0.3 is 20.8 Å². The fourth-order valence-electron chi connectivity index (χ4n) is 1.34. The molecule has 0 saturated heterocycles. The van der Waals surface area contributed by atoms with E-state index in [1.165, 1.54) is 5.56 Å². The van der Waals surface area contributed by atoms with Gasteiger partial charge in [-0.25, -0.2) is 0 Å². The predicted octanol–water partition coefficient (Wildman–Crippen LogP) is 2.37. The number of rotatable bonds is 7. The second-order valence-electron chi connectivity index (χ2n) is 3.72. The van der Waals surface area contributed by atoms with Crippen molar-refractivity contribution in [2.45, 2.75) is 19.9 Å². The molecule has 0 radical (unpaired) electrons. The van der Waals surface area contributed by atoms with Gasteiger partial charge in [-0.05, 0) is 32.2 Å². The highest BCUT2D eigenvalue weighted by Gasteiger charge is 1.90. The Balaban J connectivity index is 0. The molecule has 4 heteroatoms. The summed E-state index contributed by atoms with van der Waals surface area (Å²) in [7, 11) is 0. The first-order chi connectivity index (χ1) is 9.29. The van der Waals surface area contributed by atoms with E-state index in [0.717, 1.165) is 31.8 Å². The summed E-state index contributed by atoms with van der Waals surface area (Å²) < 4.78 is 0. The molecule has 0 amide bonds. The van der Waals surface area contributed by atoms with Gasteiger partial charge in [-0.15, -0.1) is 0 Å². The van der Waals surface area contributed by atoms with E-state index in [2.05, 4.69) is 48.2 Å². The molecule has 0 aliphatic carbocycles. The molecule has 0 atom stereocenters. The highest BCUT2D eigenvalue weighted by molar-refractivity contribution is 5.15. The zero-order valence-electron chi connectivity index (χ0n) is 11.7. The fraction of sp³-hybridized carbons (Fsp3) is 0.333. The summed E-state index contributed by atoms with van der Waals surface area (Å²) in [4.78, 5) is 8.00. The van der Waals surface area contributed by atoms with Crippen LogP contribution in [0.1, 0.15) is 18.9 Å². The number of carbonyl (C=O) groups excluding carboxylic acids is 1. The Morgan fingerprint density at radius 2 is 1.74 bits per heavy atom. The number of nitrogens with one attached hydrogen (secondary N) is 3. The maximum atomic E-state index is 8.00. The predicted molar refractivity (Wildman–Crippen MR) is 82.5 cm³/mol. The van der Waals surface area contributed by atoms with Crippen LogP contribution in [-0.4, -0.2) is 26.6 Å². The summed E-state index contributed by atoms with van der Waals surface area (Å²) in [6.45, 7) is 13.3. The van der Waals surface area contributed by atoms with Crippen LogP contribution in [0.2, 0.25) is 0 Å². The number of benzene rings is 1. The number of hydrogen-bond donors (Lipinski definition) is 3. The maximum absolute atomic E-state index is 8.00. The van der Waals surface area contributed by atoms with Crippen LogP contribution in [0.15, 0.2) is 42.6 Å². The van der Waals surface area contributed by atoms with Crippen molar-refractivity contribution in [2.24, 2.45) is 0 Å². The van der Waals surface area contributed by atoms with Gasteiger partial charge in [0.15, 0.2) is 0 Å². The van der Waals surface area contributed by atoms with Crippen LogP contribution in [0.4, 0.5) is 0 Å². The van der Waals surface area contributed by atoms with Gasteiger partial charge in [-0.2, -0.15) is 0 Å². The second kappa shape index (κ2) is 16.1. The monoisotopic (exact) mass is 263 g/mol. The summed E-state index contributed by atoms with van der Waals surface area (Å²) in [5, 5.41) is 12.1. The molecule has 1 aromatic carbocycles. The van der Waals surface area contributed by atoms with Gasteiger partial charge in [0.05, 0.1) is 0 Å². The number of allylic oxidation sites excluding steroid dienone is 1. The van der Waals surface area contributed by atoms with Crippen LogP contribution in [0.3, 0.4) is 0 Å². The zero-order chi connectivity index (χ0) is 14.9. The Kier molecular flexibility index (Phi) is 16.4. The minimum Gasteiger partial charge on any atom is -0.389 e. The average Bonchev–Trinajstić information content (AvgIpc) is 2.48. The number of hydrogen-bond acceptors (Lipinski definition) is 4. The molecule has 3 N–H and O–H groups in total. The summed E-state index contributed by atoms with van der Waals surface area (Å²) in [5.74, 6) is 0. The van der Waals surface area contributed by atoms with Gasteiger partial charge in [0, 0.05) is 18.8 Å². The standard InChI is InChI=1S/C13H20N2.CH3N.CH2O/c1-12(2)15-10-6-9-14-11-13-7-4-3-5-8-13;2*1-2/h3-5,7-8,14-15H,1,6,9-11H2,2H3;2H,1H2;1H2. The molecule has 1 rings (SSSR count). The van der Waals surface area contributed by atoms with E-state index in [1.54, 1.807) is 0 Å². The molecule has 0 spiro atoms. The van der Waals surface area contributed by atoms with Crippen molar-refractivity contribution in [2.75, 3.05) is 13.1 Å². The van der Waals surface area contributed by atoms with Crippen LogP contribution in [0, 0.1) is 5.41 Å². The Bertz CT molecular complexity index is 312. The summed E-state index contributed by atoms with van der Waals surface area (Å²) in [6.07, 6.45) is 1.12. The average molecular weight is 263 g/mol. The summed E-state index contributed by atoms with van der Waals surface area (Å²) >= 11 is 0. The fourth-order valence-corrected chi connectivity index (χ4v) is 1.34. The van der Waals surface area contributed by atoms with Crippen molar-refractivity contribution in [1.82, 2.24) is 10.6 Å². The number of carbonyl (C=O) groups is 1. The lowest BCUT2D eigenvalue weighted by Crippen LogP contribution is -2.20. The van der Waals surface area contributed by atoms with E-state index in [1.807, 2.05) is 19.8 Å². The molecule has 0 heterocycles. The van der Waals surface area contributed by atoms with Gasteiger partial charge in [0.2, 0.25) is 0 Å². The molecular weight excluding hydrogens is 238 g/mol. The molecule has 0 aliphatic rings. The maximum Gasteiger partial charge on any atom is 0.106 e. The first-order valence-electron chi connectivity index (χ1n) is 6.07. The minimum atomic E-state index is 0.952. The van der Waals surface area contributed by atoms with Gasteiger partial charge >= 0.3 is 0 Å². The van der Waals surface area contributed by atoms with E-state index >= 15 is 0 Å². The molecule has 0 aromatic heterocycles. The lowest BCUT2D eigenvalue weighted by atomic mass is 10.2. The van der Waals surface area contributed by atoms with Crippen molar-refractivity contribution in [3.05, 3.63) is 48.2 Å². The van der Waals surface area contributed by atoms with E-state index in [9.17, 15) is 0 Å². The normalized spacial score (nSPS) is 8.26. The molecule has 106 valence electrons. The lowest BCUT2D eigenvalue weighted by molar-refractivity contribution is -0.0979. The molecule has 1 aromatic rings. The van der Waals surface area contributed by atoms with Crippen molar-refractivity contribution in [1.29, 1.82) is 5.41 Å². The smallest absolute Gasteiger partial charge is 0.106 e. The van der Waals surface area contributed by atoms with Gasteiger partial charge in [0.1, 0.15) is 6.79 Å². The third kappa shape index (κ3) is 14.0. The topological polar surface area (TPSA) is 65.0 Å². The third-order valence-electron chi connectivity index (χ3n) is 2.13. The van der Waals surface area contributed by atoms with Crippen LogP contribution < -0.4 is 10.6 Å². The van der Waals surface area contributed by atoms with Gasteiger partial charge in [-0.1, -0.05) is 36.9 Å². The van der Waals surface area contributed by atoms with E-state index in [-0.39, 0.29) is 0 Å². The van der Waals surface area contributed by atoms with E-state index in [0.29, 0.717) is 0 Å². The molecule has 0 aliphatic heterocycles. The van der Waals surface area contributed by atoms with Crippen LogP contribution in [-0.2, 0) is 11.3 Å².